The number of carbonyl (C=O) groups is 1. The van der Waals surface area contributed by atoms with Crippen LogP contribution in [0.1, 0.15) is 34.5 Å². The highest BCUT2D eigenvalue weighted by molar-refractivity contribution is 5.91. The summed E-state index contributed by atoms with van der Waals surface area (Å²) in [5.74, 6) is 1.23. The molecule has 1 amide bonds. The highest BCUT2D eigenvalue weighted by atomic mass is 16.5. The normalized spacial score (nSPS) is 13.8. The van der Waals surface area contributed by atoms with E-state index < -0.39 is 0 Å². The molecule has 9 heteroatoms. The summed E-state index contributed by atoms with van der Waals surface area (Å²) in [4.78, 5) is 22.5. The van der Waals surface area contributed by atoms with Crippen LogP contribution in [0.3, 0.4) is 0 Å². The van der Waals surface area contributed by atoms with Crippen LogP contribution in [0.4, 0.5) is 0 Å². The van der Waals surface area contributed by atoms with Crippen molar-refractivity contribution in [3.05, 3.63) is 41.6 Å². The molecule has 4 rings (SSSR count). The Bertz CT molecular complexity index is 928. The molecule has 1 aliphatic heterocycles. The largest absolute Gasteiger partial charge is 0.440 e. The molecule has 0 unspecified atom stereocenters. The van der Waals surface area contributed by atoms with Crippen molar-refractivity contribution in [2.75, 3.05) is 19.8 Å². The highest BCUT2D eigenvalue weighted by Crippen LogP contribution is 2.30. The topological polar surface area (TPSA) is 99.4 Å². The molecule has 0 atom stereocenters. The van der Waals surface area contributed by atoms with E-state index >= 15 is 0 Å². The number of amides is 1. The molecular formula is C18H21N5O4. The molecule has 4 heterocycles. The Morgan fingerprint density at radius 2 is 2.26 bits per heavy atom. The predicted molar refractivity (Wildman–Crippen MR) is 93.9 cm³/mol. The average Bonchev–Trinajstić information content (AvgIpc) is 3.41. The third-order valence-corrected chi connectivity index (χ3v) is 4.54. The number of aryl methyl sites for hydroxylation is 1. The Labute approximate surface area is 155 Å². The maximum absolute atomic E-state index is 12.6. The smallest absolute Gasteiger partial charge is 0.291 e. The van der Waals surface area contributed by atoms with Gasteiger partial charge in [-0.05, 0) is 13.8 Å². The fourth-order valence-corrected chi connectivity index (χ4v) is 3.26. The number of carbonyl (C=O) groups excluding carboxylic acids is 1. The highest BCUT2D eigenvalue weighted by Gasteiger charge is 2.31. The number of hydrogen-bond donors (Lipinski definition) is 0. The van der Waals surface area contributed by atoms with Gasteiger partial charge >= 0.3 is 0 Å². The van der Waals surface area contributed by atoms with E-state index in [9.17, 15) is 4.79 Å². The summed E-state index contributed by atoms with van der Waals surface area (Å²) >= 11 is 0. The molecule has 0 saturated heterocycles. The van der Waals surface area contributed by atoms with E-state index in [1.807, 2.05) is 18.5 Å². The first-order valence-corrected chi connectivity index (χ1v) is 8.94. The molecular weight excluding hydrogens is 350 g/mol. The fraction of sp³-hybridized carbons (Fsp3) is 0.444. The van der Waals surface area contributed by atoms with Crippen LogP contribution in [0.25, 0.3) is 11.6 Å². The van der Waals surface area contributed by atoms with Crippen molar-refractivity contribution in [3.8, 4) is 11.6 Å². The molecule has 3 aromatic rings. The van der Waals surface area contributed by atoms with E-state index in [4.69, 9.17) is 18.7 Å². The first-order valence-electron chi connectivity index (χ1n) is 8.94. The molecule has 1 aliphatic rings. The Balaban J connectivity index is 1.66. The summed E-state index contributed by atoms with van der Waals surface area (Å²) in [5, 5.41) is 4.71. The van der Waals surface area contributed by atoms with Crippen molar-refractivity contribution >= 4 is 5.91 Å². The number of rotatable bonds is 6. The van der Waals surface area contributed by atoms with Gasteiger partial charge < -0.3 is 18.5 Å². The SMILES string of the molecule is CCOCCn1nc(-c2ncc(C)o2)c2c1CCN(C(=O)c1cnco1)C2. The molecule has 0 N–H and O–H groups in total. The van der Waals surface area contributed by atoms with Crippen LogP contribution >= 0.6 is 0 Å². The van der Waals surface area contributed by atoms with Crippen molar-refractivity contribution in [2.24, 2.45) is 0 Å². The third kappa shape index (κ3) is 3.37. The summed E-state index contributed by atoms with van der Waals surface area (Å²) in [6.07, 6.45) is 5.05. The van der Waals surface area contributed by atoms with E-state index in [1.54, 1.807) is 11.1 Å². The first kappa shape index (κ1) is 17.5. The lowest BCUT2D eigenvalue weighted by Gasteiger charge is -2.27. The summed E-state index contributed by atoms with van der Waals surface area (Å²) in [6, 6.07) is 0. The van der Waals surface area contributed by atoms with Crippen molar-refractivity contribution in [1.29, 1.82) is 0 Å². The molecule has 0 aliphatic carbocycles. The molecule has 142 valence electrons. The molecule has 27 heavy (non-hydrogen) atoms. The van der Waals surface area contributed by atoms with Crippen LogP contribution in [0.2, 0.25) is 0 Å². The van der Waals surface area contributed by atoms with Gasteiger partial charge in [0, 0.05) is 30.8 Å². The standard InChI is InChI=1S/C18H21N5O4/c1-3-25-7-6-23-14-4-5-22(18(24)15-9-19-11-26-15)10-13(14)16(21-23)17-20-8-12(2)27-17/h8-9,11H,3-7,10H2,1-2H3. The minimum atomic E-state index is -0.185. The molecule has 0 spiro atoms. The number of hydrogen-bond acceptors (Lipinski definition) is 7. The zero-order valence-corrected chi connectivity index (χ0v) is 15.3. The third-order valence-electron chi connectivity index (χ3n) is 4.54. The molecule has 0 aromatic carbocycles. The second-order valence-electron chi connectivity index (χ2n) is 6.31. The molecule has 0 radical (unpaired) electrons. The van der Waals surface area contributed by atoms with Crippen LogP contribution in [0, 0.1) is 6.92 Å². The minimum Gasteiger partial charge on any atom is -0.440 e. The van der Waals surface area contributed by atoms with Gasteiger partial charge in [-0.1, -0.05) is 0 Å². The molecule has 9 nitrogen and oxygen atoms in total. The average molecular weight is 371 g/mol. The number of nitrogens with zero attached hydrogens (tertiary/aromatic N) is 5. The maximum atomic E-state index is 12.6. The summed E-state index contributed by atoms with van der Waals surface area (Å²) in [7, 11) is 0. The van der Waals surface area contributed by atoms with Gasteiger partial charge in [0.1, 0.15) is 5.76 Å². The summed E-state index contributed by atoms with van der Waals surface area (Å²) < 4.78 is 18.3. The number of oxazole rings is 2. The fourth-order valence-electron chi connectivity index (χ4n) is 3.26. The van der Waals surface area contributed by atoms with E-state index in [0.29, 0.717) is 56.6 Å². The van der Waals surface area contributed by atoms with Crippen LogP contribution in [0.15, 0.2) is 27.6 Å². The lowest BCUT2D eigenvalue weighted by Crippen LogP contribution is -2.36. The van der Waals surface area contributed by atoms with Crippen LogP contribution in [-0.4, -0.2) is 50.3 Å². The first-order chi connectivity index (χ1) is 13.2. The molecule has 0 fully saturated rings. The van der Waals surface area contributed by atoms with Gasteiger partial charge in [-0.2, -0.15) is 5.10 Å². The van der Waals surface area contributed by atoms with Gasteiger partial charge in [0.2, 0.25) is 11.7 Å². The van der Waals surface area contributed by atoms with Gasteiger partial charge in [0.15, 0.2) is 12.1 Å². The quantitative estimate of drug-likeness (QED) is 0.612. The minimum absolute atomic E-state index is 0.185. The van der Waals surface area contributed by atoms with E-state index in [-0.39, 0.29) is 11.7 Å². The van der Waals surface area contributed by atoms with Crippen molar-refractivity contribution in [1.82, 2.24) is 24.6 Å². The van der Waals surface area contributed by atoms with Gasteiger partial charge in [-0.15, -0.1) is 0 Å². The van der Waals surface area contributed by atoms with E-state index in [0.717, 1.165) is 11.3 Å². The zero-order chi connectivity index (χ0) is 18.8. The van der Waals surface area contributed by atoms with Gasteiger partial charge in [-0.3, -0.25) is 9.48 Å². The van der Waals surface area contributed by atoms with Crippen LogP contribution in [0.5, 0.6) is 0 Å². The van der Waals surface area contributed by atoms with Crippen molar-refractivity contribution in [2.45, 2.75) is 33.4 Å². The summed E-state index contributed by atoms with van der Waals surface area (Å²) in [5.41, 5.74) is 2.71. The van der Waals surface area contributed by atoms with Gasteiger partial charge in [0.05, 0.1) is 32.1 Å². The Kier molecular flexibility index (Phi) is 4.76. The maximum Gasteiger partial charge on any atom is 0.291 e. The van der Waals surface area contributed by atoms with Crippen molar-refractivity contribution < 1.29 is 18.4 Å². The lowest BCUT2D eigenvalue weighted by atomic mass is 10.0. The second kappa shape index (κ2) is 7.36. The van der Waals surface area contributed by atoms with Crippen molar-refractivity contribution in [3.63, 3.8) is 0 Å². The van der Waals surface area contributed by atoms with E-state index in [2.05, 4.69) is 9.97 Å². The second-order valence-corrected chi connectivity index (χ2v) is 6.31. The summed E-state index contributed by atoms with van der Waals surface area (Å²) in [6.45, 7) is 6.69. The van der Waals surface area contributed by atoms with E-state index in [1.165, 1.54) is 12.6 Å². The number of fused-ring (bicyclic) bond motifs is 1. The molecule has 0 saturated carbocycles. The predicted octanol–water partition coefficient (Wildman–Crippen LogP) is 2.07. The Morgan fingerprint density at radius 3 is 2.96 bits per heavy atom. The zero-order valence-electron chi connectivity index (χ0n) is 15.3. The lowest BCUT2D eigenvalue weighted by molar-refractivity contribution is 0.0700. The number of ether oxygens (including phenoxy) is 1. The van der Waals surface area contributed by atoms with Crippen LogP contribution < -0.4 is 0 Å². The Morgan fingerprint density at radius 1 is 1.37 bits per heavy atom. The van der Waals surface area contributed by atoms with Crippen LogP contribution in [-0.2, 0) is 24.2 Å². The molecule has 3 aromatic heterocycles. The van der Waals surface area contributed by atoms with Gasteiger partial charge in [0.25, 0.3) is 5.91 Å². The Hall–Kier alpha value is -2.94. The molecule has 0 bridgehead atoms. The number of aromatic nitrogens is 4. The monoisotopic (exact) mass is 371 g/mol. The van der Waals surface area contributed by atoms with Gasteiger partial charge in [-0.25, -0.2) is 9.97 Å².